The van der Waals surface area contributed by atoms with Crippen LogP contribution in [0.5, 0.6) is 11.6 Å². The molecule has 5 N–H and O–H groups in total. The number of phenols is 1. The van der Waals surface area contributed by atoms with Crippen molar-refractivity contribution in [1.29, 1.82) is 0 Å². The summed E-state index contributed by atoms with van der Waals surface area (Å²) in [4.78, 5) is 20.0. The van der Waals surface area contributed by atoms with Crippen LogP contribution in [-0.2, 0) is 0 Å². The predicted octanol–water partition coefficient (Wildman–Crippen LogP) is 4.14. The van der Waals surface area contributed by atoms with E-state index >= 15 is 0 Å². The highest BCUT2D eigenvalue weighted by molar-refractivity contribution is 6.12. The predicted molar refractivity (Wildman–Crippen MR) is 110 cm³/mol. The van der Waals surface area contributed by atoms with Gasteiger partial charge in [-0.25, -0.2) is 0 Å². The maximum atomic E-state index is 12.8. The maximum absolute atomic E-state index is 12.8. The van der Waals surface area contributed by atoms with Crippen molar-refractivity contribution in [3.05, 3.63) is 83.4 Å². The van der Waals surface area contributed by atoms with Crippen LogP contribution in [-0.4, -0.2) is 27.2 Å². The number of aromatic amines is 1. The Morgan fingerprint density at radius 1 is 0.964 bits per heavy atom. The maximum Gasteiger partial charge on any atom is 0.198 e. The molecule has 1 heterocycles. The lowest BCUT2D eigenvalue weighted by Crippen LogP contribution is -2.02. The smallest absolute Gasteiger partial charge is 0.198 e. The van der Waals surface area contributed by atoms with Crippen LogP contribution in [0.2, 0.25) is 0 Å². The fourth-order valence-corrected chi connectivity index (χ4v) is 3.03. The van der Waals surface area contributed by atoms with Crippen molar-refractivity contribution >= 4 is 34.3 Å². The molecule has 138 valence electrons. The summed E-state index contributed by atoms with van der Waals surface area (Å²) in [7, 11) is 0. The number of nitrogens with two attached hydrogens (primary N) is 1. The minimum absolute atomic E-state index is 0.0487. The number of nitrogen functional groups attached to an aromatic ring is 1. The van der Waals surface area contributed by atoms with Crippen molar-refractivity contribution in [2.75, 3.05) is 5.73 Å². The normalized spacial score (nSPS) is 11.3. The Bertz CT molecular complexity index is 1220. The molecule has 0 spiro atoms. The first-order valence-electron chi connectivity index (χ1n) is 8.59. The van der Waals surface area contributed by atoms with Crippen molar-refractivity contribution < 1.29 is 15.0 Å². The molecule has 0 fully saturated rings. The fraction of sp³-hybridized carbons (Fsp3) is 0. The molecule has 0 amide bonds. The van der Waals surface area contributed by atoms with E-state index in [0.717, 1.165) is 0 Å². The molecule has 4 aromatic rings. The molecule has 0 radical (unpaired) electrons. The SMILES string of the molecule is Nc1cccc(C(=O)c2ccc3[nH]c(O)c(C=Nc4cccc(O)c4)c3c2)c1. The Balaban J connectivity index is 1.75. The van der Waals surface area contributed by atoms with Crippen molar-refractivity contribution in [2.45, 2.75) is 0 Å². The number of benzene rings is 3. The van der Waals surface area contributed by atoms with Crippen LogP contribution >= 0.6 is 0 Å². The van der Waals surface area contributed by atoms with Crippen molar-refractivity contribution in [3.8, 4) is 11.6 Å². The van der Waals surface area contributed by atoms with Crippen LogP contribution < -0.4 is 5.73 Å². The number of aliphatic imine (C=N–C) groups is 1. The Kier molecular flexibility index (Phi) is 4.29. The van der Waals surface area contributed by atoms with Gasteiger partial charge in [-0.15, -0.1) is 0 Å². The average Bonchev–Trinajstić information content (AvgIpc) is 3.00. The zero-order valence-corrected chi connectivity index (χ0v) is 14.8. The molecule has 0 atom stereocenters. The molecular weight excluding hydrogens is 354 g/mol. The van der Waals surface area contributed by atoms with Gasteiger partial charge in [-0.1, -0.05) is 18.2 Å². The molecule has 3 aromatic carbocycles. The number of anilines is 1. The van der Waals surface area contributed by atoms with Crippen LogP contribution in [0.1, 0.15) is 21.5 Å². The van der Waals surface area contributed by atoms with Gasteiger partial charge in [0, 0.05) is 40.0 Å². The van der Waals surface area contributed by atoms with Gasteiger partial charge >= 0.3 is 0 Å². The number of aromatic hydroxyl groups is 2. The summed E-state index contributed by atoms with van der Waals surface area (Å²) in [6.45, 7) is 0. The van der Waals surface area contributed by atoms with Crippen LogP contribution in [0.25, 0.3) is 10.9 Å². The van der Waals surface area contributed by atoms with E-state index in [1.54, 1.807) is 60.7 Å². The van der Waals surface area contributed by atoms with Crippen LogP contribution in [0.3, 0.4) is 0 Å². The summed E-state index contributed by atoms with van der Waals surface area (Å²) in [5.74, 6) is -0.106. The molecule has 0 bridgehead atoms. The molecular formula is C22H17N3O3. The largest absolute Gasteiger partial charge is 0.508 e. The standard InChI is InChI=1S/C22H17N3O3/c23-15-4-1-3-13(9-15)21(27)14-7-8-20-18(10-14)19(22(28)25-20)12-24-16-5-2-6-17(26)11-16/h1-12,25-26,28H,23H2. The number of H-pyrrole nitrogens is 1. The topological polar surface area (TPSA) is 112 Å². The van der Waals surface area contributed by atoms with E-state index in [4.69, 9.17) is 5.73 Å². The second-order valence-corrected chi connectivity index (χ2v) is 6.38. The third kappa shape index (κ3) is 3.31. The molecule has 1 aromatic heterocycles. The Morgan fingerprint density at radius 3 is 2.54 bits per heavy atom. The number of phenolic OH excluding ortho intramolecular Hbond substituents is 1. The molecule has 4 rings (SSSR count). The highest BCUT2D eigenvalue weighted by Gasteiger charge is 2.14. The zero-order valence-electron chi connectivity index (χ0n) is 14.8. The van der Waals surface area contributed by atoms with Crippen molar-refractivity contribution in [2.24, 2.45) is 4.99 Å². The molecule has 28 heavy (non-hydrogen) atoms. The van der Waals surface area contributed by atoms with Gasteiger partial charge in [0.2, 0.25) is 0 Å². The number of carbonyl (C=O) groups excluding carboxylic acids is 1. The van der Waals surface area contributed by atoms with Gasteiger partial charge in [-0.3, -0.25) is 9.79 Å². The summed E-state index contributed by atoms with van der Waals surface area (Å²) in [5, 5.41) is 20.5. The number of nitrogens with one attached hydrogen (secondary N) is 1. The van der Waals surface area contributed by atoms with Gasteiger partial charge in [0.15, 0.2) is 11.7 Å². The lowest BCUT2D eigenvalue weighted by atomic mass is 10.0. The van der Waals surface area contributed by atoms with E-state index in [2.05, 4.69) is 9.98 Å². The second-order valence-electron chi connectivity index (χ2n) is 6.38. The van der Waals surface area contributed by atoms with Crippen molar-refractivity contribution in [3.63, 3.8) is 0 Å². The van der Waals surface area contributed by atoms with E-state index in [9.17, 15) is 15.0 Å². The molecule has 6 heteroatoms. The molecule has 6 nitrogen and oxygen atoms in total. The summed E-state index contributed by atoms with van der Waals surface area (Å²) >= 11 is 0. The minimum Gasteiger partial charge on any atom is -0.508 e. The van der Waals surface area contributed by atoms with Crippen LogP contribution in [0, 0.1) is 0 Å². The Hall–Kier alpha value is -4.06. The molecule has 0 aliphatic rings. The molecule has 0 saturated heterocycles. The quantitative estimate of drug-likeness (QED) is 0.245. The number of hydrogen-bond donors (Lipinski definition) is 4. The van der Waals surface area contributed by atoms with E-state index in [-0.39, 0.29) is 17.4 Å². The van der Waals surface area contributed by atoms with Gasteiger partial charge in [0.1, 0.15) is 5.75 Å². The number of carbonyl (C=O) groups is 1. The number of ketones is 1. The summed E-state index contributed by atoms with van der Waals surface area (Å²) in [6.07, 6.45) is 1.50. The van der Waals surface area contributed by atoms with Crippen LogP contribution in [0.4, 0.5) is 11.4 Å². The van der Waals surface area contributed by atoms with E-state index in [0.29, 0.717) is 39.0 Å². The van der Waals surface area contributed by atoms with E-state index in [1.165, 1.54) is 12.3 Å². The average molecular weight is 371 g/mol. The van der Waals surface area contributed by atoms with Crippen LogP contribution in [0.15, 0.2) is 71.7 Å². The fourth-order valence-electron chi connectivity index (χ4n) is 3.03. The number of aromatic nitrogens is 1. The lowest BCUT2D eigenvalue weighted by Gasteiger charge is -2.03. The minimum atomic E-state index is -0.161. The summed E-state index contributed by atoms with van der Waals surface area (Å²) in [5.41, 5.74) is 8.94. The number of hydrogen-bond acceptors (Lipinski definition) is 5. The Morgan fingerprint density at radius 2 is 1.75 bits per heavy atom. The molecule has 0 unspecified atom stereocenters. The first-order valence-corrected chi connectivity index (χ1v) is 8.59. The van der Waals surface area contributed by atoms with Gasteiger partial charge in [-0.2, -0.15) is 0 Å². The second kappa shape index (κ2) is 6.92. The van der Waals surface area contributed by atoms with Gasteiger partial charge < -0.3 is 20.9 Å². The third-order valence-electron chi connectivity index (χ3n) is 4.40. The summed E-state index contributed by atoms with van der Waals surface area (Å²) < 4.78 is 0. The molecule has 0 aliphatic carbocycles. The highest BCUT2D eigenvalue weighted by atomic mass is 16.3. The molecule has 0 saturated carbocycles. The Labute approximate surface area is 160 Å². The summed E-state index contributed by atoms with van der Waals surface area (Å²) in [6, 6.07) is 18.4. The third-order valence-corrected chi connectivity index (χ3v) is 4.40. The first kappa shape index (κ1) is 17.4. The lowest BCUT2D eigenvalue weighted by molar-refractivity contribution is 0.103. The monoisotopic (exact) mass is 371 g/mol. The highest BCUT2D eigenvalue weighted by Crippen LogP contribution is 2.28. The van der Waals surface area contributed by atoms with Crippen molar-refractivity contribution in [1.82, 2.24) is 4.98 Å². The first-order chi connectivity index (χ1) is 13.5. The van der Waals surface area contributed by atoms with Gasteiger partial charge in [0.05, 0.1) is 11.3 Å². The van der Waals surface area contributed by atoms with Gasteiger partial charge in [0.25, 0.3) is 0 Å². The number of rotatable bonds is 4. The zero-order chi connectivity index (χ0) is 19.7. The van der Waals surface area contributed by atoms with E-state index in [1.807, 2.05) is 0 Å². The number of nitrogens with zero attached hydrogens (tertiary/aromatic N) is 1. The van der Waals surface area contributed by atoms with E-state index < -0.39 is 0 Å². The van der Waals surface area contributed by atoms with Gasteiger partial charge in [-0.05, 0) is 42.5 Å². The molecule has 0 aliphatic heterocycles. The number of fused-ring (bicyclic) bond motifs is 1.